The molecule has 5 heteroatoms. The third-order valence-electron chi connectivity index (χ3n) is 3.46. The van der Waals surface area contributed by atoms with Gasteiger partial charge in [0.1, 0.15) is 5.82 Å². The molecule has 1 aliphatic heterocycles. The molecule has 1 unspecified atom stereocenters. The molecule has 2 heterocycles. The van der Waals surface area contributed by atoms with Crippen LogP contribution in [0.2, 0.25) is 0 Å². The van der Waals surface area contributed by atoms with Crippen LogP contribution in [0.3, 0.4) is 0 Å². The number of imide groups is 1. The third kappa shape index (κ3) is 2.03. The van der Waals surface area contributed by atoms with E-state index in [1.807, 2.05) is 24.3 Å². The number of fused-ring (bicyclic) bond motifs is 1. The molecular formula is C14H13N3O2. The zero-order chi connectivity index (χ0) is 13.4. The maximum Gasteiger partial charge on any atom is 0.234 e. The number of carbonyl (C=O) groups is 2. The van der Waals surface area contributed by atoms with Gasteiger partial charge in [0, 0.05) is 18.0 Å². The fourth-order valence-electron chi connectivity index (χ4n) is 2.44. The molecule has 0 bridgehead atoms. The first-order chi connectivity index (χ1) is 9.15. The quantitative estimate of drug-likeness (QED) is 0.753. The van der Waals surface area contributed by atoms with Gasteiger partial charge in [-0.05, 0) is 29.5 Å². The Morgan fingerprint density at radius 1 is 1.26 bits per heavy atom. The number of nitrogen functional groups attached to an aromatic ring is 1. The lowest BCUT2D eigenvalue weighted by Crippen LogP contribution is -2.39. The van der Waals surface area contributed by atoms with Crippen LogP contribution < -0.4 is 11.1 Å². The standard InChI is InChI=1S/C14H13N3O2/c15-13-11-7-9(2-1-8(11)5-6-16-13)10-3-4-12(18)17-14(10)19/h1-2,5-7,10H,3-4H2,(H2,15,16)(H,17,18,19). The van der Waals surface area contributed by atoms with Crippen LogP contribution in [0.4, 0.5) is 5.82 Å². The maximum atomic E-state index is 11.8. The van der Waals surface area contributed by atoms with E-state index in [0.29, 0.717) is 18.7 Å². The zero-order valence-electron chi connectivity index (χ0n) is 10.2. The third-order valence-corrected chi connectivity index (χ3v) is 3.46. The van der Waals surface area contributed by atoms with E-state index >= 15 is 0 Å². The van der Waals surface area contributed by atoms with Crippen molar-refractivity contribution in [1.82, 2.24) is 10.3 Å². The largest absolute Gasteiger partial charge is 0.383 e. The molecule has 0 aliphatic carbocycles. The van der Waals surface area contributed by atoms with Crippen LogP contribution in [0.5, 0.6) is 0 Å². The number of nitrogens with zero attached hydrogens (tertiary/aromatic N) is 1. The monoisotopic (exact) mass is 255 g/mol. The maximum absolute atomic E-state index is 11.8. The van der Waals surface area contributed by atoms with E-state index in [1.165, 1.54) is 0 Å². The van der Waals surface area contributed by atoms with Gasteiger partial charge in [-0.3, -0.25) is 14.9 Å². The molecule has 2 amide bonds. The summed E-state index contributed by atoms with van der Waals surface area (Å²) in [6.45, 7) is 0. The van der Waals surface area contributed by atoms with Crippen molar-refractivity contribution < 1.29 is 9.59 Å². The Bertz CT molecular complexity index is 681. The van der Waals surface area contributed by atoms with Gasteiger partial charge in [-0.15, -0.1) is 0 Å². The Labute approximate surface area is 109 Å². The second-order valence-corrected chi connectivity index (χ2v) is 4.68. The van der Waals surface area contributed by atoms with Gasteiger partial charge in [0.05, 0.1) is 5.92 Å². The number of hydrogen-bond donors (Lipinski definition) is 2. The van der Waals surface area contributed by atoms with Gasteiger partial charge in [0.15, 0.2) is 0 Å². The van der Waals surface area contributed by atoms with Crippen molar-refractivity contribution in [3.63, 3.8) is 0 Å². The van der Waals surface area contributed by atoms with E-state index in [4.69, 9.17) is 5.73 Å². The highest BCUT2D eigenvalue weighted by Gasteiger charge is 2.27. The van der Waals surface area contributed by atoms with Gasteiger partial charge < -0.3 is 5.73 Å². The summed E-state index contributed by atoms with van der Waals surface area (Å²) in [5, 5.41) is 4.19. The molecule has 1 aromatic heterocycles. The van der Waals surface area contributed by atoms with Gasteiger partial charge in [-0.1, -0.05) is 12.1 Å². The Kier molecular flexibility index (Phi) is 2.67. The highest BCUT2D eigenvalue weighted by atomic mass is 16.2. The van der Waals surface area contributed by atoms with Crippen LogP contribution in [0, 0.1) is 0 Å². The summed E-state index contributed by atoms with van der Waals surface area (Å²) in [5.74, 6) is -0.283. The molecule has 1 aliphatic rings. The minimum atomic E-state index is -0.290. The van der Waals surface area contributed by atoms with E-state index in [0.717, 1.165) is 16.3 Å². The number of benzene rings is 1. The summed E-state index contributed by atoms with van der Waals surface area (Å²) in [5.41, 5.74) is 6.72. The van der Waals surface area contributed by atoms with E-state index < -0.39 is 0 Å². The fourth-order valence-corrected chi connectivity index (χ4v) is 2.44. The van der Waals surface area contributed by atoms with Crippen LogP contribution in [-0.2, 0) is 9.59 Å². The van der Waals surface area contributed by atoms with Crippen molar-refractivity contribution in [2.24, 2.45) is 0 Å². The normalized spacial score (nSPS) is 19.5. The Balaban J connectivity index is 2.04. The lowest BCUT2D eigenvalue weighted by Gasteiger charge is -2.21. The van der Waals surface area contributed by atoms with Crippen LogP contribution in [0.15, 0.2) is 30.5 Å². The predicted molar refractivity (Wildman–Crippen MR) is 71.3 cm³/mol. The molecular weight excluding hydrogens is 242 g/mol. The summed E-state index contributed by atoms with van der Waals surface area (Å²) < 4.78 is 0. The molecule has 2 aromatic rings. The lowest BCUT2D eigenvalue weighted by atomic mass is 9.89. The van der Waals surface area contributed by atoms with E-state index in [9.17, 15) is 9.59 Å². The van der Waals surface area contributed by atoms with E-state index in [1.54, 1.807) is 6.20 Å². The molecule has 1 fully saturated rings. The summed E-state index contributed by atoms with van der Waals surface area (Å²) in [4.78, 5) is 27.0. The van der Waals surface area contributed by atoms with Crippen molar-refractivity contribution in [3.05, 3.63) is 36.0 Å². The number of pyridine rings is 1. The molecule has 96 valence electrons. The first-order valence-electron chi connectivity index (χ1n) is 6.13. The minimum Gasteiger partial charge on any atom is -0.383 e. The molecule has 0 radical (unpaired) electrons. The molecule has 5 nitrogen and oxygen atoms in total. The average Bonchev–Trinajstić information content (AvgIpc) is 2.39. The highest BCUT2D eigenvalue weighted by Crippen LogP contribution is 2.29. The molecule has 1 atom stereocenters. The average molecular weight is 255 g/mol. The van der Waals surface area contributed by atoms with Crippen molar-refractivity contribution in [2.45, 2.75) is 18.8 Å². The number of carbonyl (C=O) groups excluding carboxylic acids is 2. The van der Waals surface area contributed by atoms with Crippen molar-refractivity contribution in [1.29, 1.82) is 0 Å². The number of rotatable bonds is 1. The Morgan fingerprint density at radius 2 is 2.11 bits per heavy atom. The summed E-state index contributed by atoms with van der Waals surface area (Å²) >= 11 is 0. The minimum absolute atomic E-state index is 0.205. The molecule has 0 saturated carbocycles. The van der Waals surface area contributed by atoms with Crippen LogP contribution in [0.25, 0.3) is 10.8 Å². The SMILES string of the molecule is Nc1nccc2ccc(C3CCC(=O)NC3=O)cc12. The number of amides is 2. The van der Waals surface area contributed by atoms with Crippen molar-refractivity contribution in [3.8, 4) is 0 Å². The summed E-state index contributed by atoms with van der Waals surface area (Å²) in [6, 6.07) is 7.59. The molecule has 19 heavy (non-hydrogen) atoms. The van der Waals surface area contributed by atoms with E-state index in [-0.39, 0.29) is 17.7 Å². The van der Waals surface area contributed by atoms with Crippen LogP contribution >= 0.6 is 0 Å². The number of nitrogens with one attached hydrogen (secondary N) is 1. The number of anilines is 1. The molecule has 1 aromatic carbocycles. The molecule has 1 saturated heterocycles. The number of aromatic nitrogens is 1. The van der Waals surface area contributed by atoms with Crippen molar-refractivity contribution in [2.75, 3.05) is 5.73 Å². The Hall–Kier alpha value is -2.43. The van der Waals surface area contributed by atoms with Gasteiger partial charge in [0.25, 0.3) is 0 Å². The summed E-state index contributed by atoms with van der Waals surface area (Å²) in [7, 11) is 0. The lowest BCUT2D eigenvalue weighted by molar-refractivity contribution is -0.134. The second-order valence-electron chi connectivity index (χ2n) is 4.68. The number of piperidine rings is 1. The smallest absolute Gasteiger partial charge is 0.234 e. The topological polar surface area (TPSA) is 85.1 Å². The number of nitrogens with two attached hydrogens (primary N) is 1. The first-order valence-corrected chi connectivity index (χ1v) is 6.13. The van der Waals surface area contributed by atoms with Gasteiger partial charge in [0.2, 0.25) is 11.8 Å². The zero-order valence-corrected chi connectivity index (χ0v) is 10.2. The number of hydrogen-bond acceptors (Lipinski definition) is 4. The molecule has 3 N–H and O–H groups in total. The van der Waals surface area contributed by atoms with Crippen molar-refractivity contribution >= 4 is 28.4 Å². The fraction of sp³-hybridized carbons (Fsp3) is 0.214. The molecule has 3 rings (SSSR count). The highest BCUT2D eigenvalue weighted by molar-refractivity contribution is 6.01. The first kappa shape index (κ1) is 11.6. The van der Waals surface area contributed by atoms with Gasteiger partial charge in [-0.25, -0.2) is 4.98 Å². The second kappa shape index (κ2) is 4.35. The molecule has 0 spiro atoms. The van der Waals surface area contributed by atoms with Crippen LogP contribution in [0.1, 0.15) is 24.3 Å². The predicted octanol–water partition coefficient (Wildman–Crippen LogP) is 1.34. The van der Waals surface area contributed by atoms with Gasteiger partial charge in [-0.2, -0.15) is 0 Å². The Morgan fingerprint density at radius 3 is 2.89 bits per heavy atom. The summed E-state index contributed by atoms with van der Waals surface area (Å²) in [6.07, 6.45) is 2.57. The van der Waals surface area contributed by atoms with Gasteiger partial charge >= 0.3 is 0 Å². The van der Waals surface area contributed by atoms with E-state index in [2.05, 4.69) is 10.3 Å². The van der Waals surface area contributed by atoms with Crippen LogP contribution in [-0.4, -0.2) is 16.8 Å².